The van der Waals surface area contributed by atoms with Gasteiger partial charge in [0, 0.05) is 39.2 Å². The third kappa shape index (κ3) is 5.60. The van der Waals surface area contributed by atoms with Crippen LogP contribution in [0, 0.1) is 0 Å². The first-order chi connectivity index (χ1) is 31.2. The molecule has 0 saturated carbocycles. The first-order valence-electron chi connectivity index (χ1n) is 21.6. The number of anilines is 6. The molecule has 0 atom stereocenters. The van der Waals surface area contributed by atoms with E-state index in [0.29, 0.717) is 0 Å². The predicted molar refractivity (Wildman–Crippen MR) is 268 cm³/mol. The van der Waals surface area contributed by atoms with E-state index in [-0.39, 0.29) is 0 Å². The fraction of sp³-hybridized carbons (Fsp3) is 0. The number of fused-ring (bicyclic) bond motifs is 14. The van der Waals surface area contributed by atoms with Crippen molar-refractivity contribution < 1.29 is 4.42 Å². The van der Waals surface area contributed by atoms with E-state index in [2.05, 4.69) is 228 Å². The second kappa shape index (κ2) is 14.1. The summed E-state index contributed by atoms with van der Waals surface area (Å²) in [5.74, 6) is 0. The number of rotatable bonds is 6. The quantitative estimate of drug-likeness (QED) is 0.156. The molecule has 0 fully saturated rings. The number of hydrogen-bond donors (Lipinski definition) is 0. The molecular formula is C60H38N2O. The molecule has 3 nitrogen and oxygen atoms in total. The van der Waals surface area contributed by atoms with Gasteiger partial charge in [-0.25, -0.2) is 0 Å². The van der Waals surface area contributed by atoms with Crippen molar-refractivity contribution in [2.45, 2.75) is 0 Å². The molecule has 12 aromatic carbocycles. The molecule has 294 valence electrons. The number of benzene rings is 12. The SMILES string of the molecule is c1ccc(N(c2ccc3c(ccc4ccccc43)c2)c2ccc3c(c2)c2ccccc2c2c4ccc(N(c5ccccc5)c5cccc6c5oc5ccccc56)cc4ccc32)cc1. The van der Waals surface area contributed by atoms with Crippen molar-refractivity contribution in [3.05, 3.63) is 231 Å². The van der Waals surface area contributed by atoms with Crippen molar-refractivity contribution in [2.75, 3.05) is 9.80 Å². The lowest BCUT2D eigenvalue weighted by molar-refractivity contribution is 0.669. The largest absolute Gasteiger partial charge is 0.454 e. The Bertz CT molecular complexity index is 3910. The van der Waals surface area contributed by atoms with Gasteiger partial charge in [0.05, 0.1) is 5.69 Å². The molecule has 1 aromatic heterocycles. The van der Waals surface area contributed by atoms with Gasteiger partial charge in [-0.1, -0.05) is 158 Å². The predicted octanol–water partition coefficient (Wildman–Crippen LogP) is 17.4. The maximum absolute atomic E-state index is 6.60. The third-order valence-electron chi connectivity index (χ3n) is 12.9. The van der Waals surface area contributed by atoms with Gasteiger partial charge in [-0.15, -0.1) is 0 Å². The molecule has 0 bridgehead atoms. The zero-order chi connectivity index (χ0) is 41.4. The fourth-order valence-electron chi connectivity index (χ4n) is 10.1. The van der Waals surface area contributed by atoms with Gasteiger partial charge in [-0.05, 0) is 137 Å². The van der Waals surface area contributed by atoms with Crippen molar-refractivity contribution in [2.24, 2.45) is 0 Å². The molecule has 0 spiro atoms. The summed E-state index contributed by atoms with van der Waals surface area (Å²) in [6.07, 6.45) is 0. The minimum atomic E-state index is 0.873. The molecule has 1 heterocycles. The van der Waals surface area contributed by atoms with Crippen LogP contribution >= 0.6 is 0 Å². The number of hydrogen-bond acceptors (Lipinski definition) is 3. The van der Waals surface area contributed by atoms with Gasteiger partial charge in [0.15, 0.2) is 5.58 Å². The molecule has 0 aliphatic carbocycles. The smallest absolute Gasteiger partial charge is 0.159 e. The summed E-state index contributed by atoms with van der Waals surface area (Å²) in [4.78, 5) is 4.71. The van der Waals surface area contributed by atoms with Crippen LogP contribution in [0.3, 0.4) is 0 Å². The Hall–Kier alpha value is -8.40. The van der Waals surface area contributed by atoms with E-state index in [1.54, 1.807) is 0 Å². The highest BCUT2D eigenvalue weighted by atomic mass is 16.3. The topological polar surface area (TPSA) is 19.6 Å². The maximum Gasteiger partial charge on any atom is 0.159 e. The average Bonchev–Trinajstić information content (AvgIpc) is 3.74. The zero-order valence-electron chi connectivity index (χ0n) is 34.2. The van der Waals surface area contributed by atoms with E-state index >= 15 is 0 Å². The van der Waals surface area contributed by atoms with Crippen LogP contribution in [-0.2, 0) is 0 Å². The van der Waals surface area contributed by atoms with Crippen molar-refractivity contribution in [3.63, 3.8) is 0 Å². The van der Waals surface area contributed by atoms with Crippen LogP contribution in [0.4, 0.5) is 34.1 Å². The first-order valence-corrected chi connectivity index (χ1v) is 21.6. The molecule has 0 radical (unpaired) electrons. The van der Waals surface area contributed by atoms with Crippen LogP contribution in [-0.4, -0.2) is 0 Å². The lowest BCUT2D eigenvalue weighted by Crippen LogP contribution is -2.10. The summed E-state index contributed by atoms with van der Waals surface area (Å²) >= 11 is 0. The van der Waals surface area contributed by atoms with Crippen molar-refractivity contribution in [1.29, 1.82) is 0 Å². The van der Waals surface area contributed by atoms with E-state index in [1.807, 2.05) is 12.1 Å². The van der Waals surface area contributed by atoms with Crippen molar-refractivity contribution in [1.82, 2.24) is 0 Å². The van der Waals surface area contributed by atoms with Gasteiger partial charge >= 0.3 is 0 Å². The highest BCUT2D eigenvalue weighted by Gasteiger charge is 2.21. The summed E-state index contributed by atoms with van der Waals surface area (Å²) in [7, 11) is 0. The van der Waals surface area contributed by atoms with Crippen molar-refractivity contribution >= 4 is 121 Å². The zero-order valence-corrected chi connectivity index (χ0v) is 34.2. The summed E-state index contributed by atoms with van der Waals surface area (Å²) in [6.45, 7) is 0. The van der Waals surface area contributed by atoms with Gasteiger partial charge in [0.25, 0.3) is 0 Å². The maximum atomic E-state index is 6.60. The minimum absolute atomic E-state index is 0.873. The molecule has 0 saturated heterocycles. The molecule has 63 heavy (non-hydrogen) atoms. The first kappa shape index (κ1) is 35.4. The van der Waals surface area contributed by atoms with Gasteiger partial charge in [-0.3, -0.25) is 0 Å². The van der Waals surface area contributed by atoms with Crippen LogP contribution in [0.25, 0.3) is 86.6 Å². The average molecular weight is 803 g/mol. The van der Waals surface area contributed by atoms with Crippen LogP contribution in [0.1, 0.15) is 0 Å². The molecule has 3 heteroatoms. The van der Waals surface area contributed by atoms with E-state index in [1.165, 1.54) is 64.6 Å². The summed E-state index contributed by atoms with van der Waals surface area (Å²) < 4.78 is 6.60. The van der Waals surface area contributed by atoms with Crippen LogP contribution in [0.5, 0.6) is 0 Å². The molecular weight excluding hydrogens is 765 g/mol. The lowest BCUT2D eigenvalue weighted by atomic mass is 9.90. The van der Waals surface area contributed by atoms with Crippen LogP contribution in [0.15, 0.2) is 235 Å². The third-order valence-corrected chi connectivity index (χ3v) is 12.9. The van der Waals surface area contributed by atoms with E-state index in [4.69, 9.17) is 4.42 Å². The molecule has 0 aliphatic rings. The Balaban J connectivity index is 0.988. The Kier molecular flexibility index (Phi) is 7.91. The Morgan fingerprint density at radius 3 is 1.54 bits per heavy atom. The highest BCUT2D eigenvalue weighted by Crippen LogP contribution is 2.46. The van der Waals surface area contributed by atoms with Gasteiger partial charge in [0.2, 0.25) is 0 Å². The second-order valence-electron chi connectivity index (χ2n) is 16.5. The van der Waals surface area contributed by atoms with E-state index < -0.39 is 0 Å². The fourth-order valence-corrected chi connectivity index (χ4v) is 10.1. The Morgan fingerprint density at radius 1 is 0.254 bits per heavy atom. The molecule has 13 rings (SSSR count). The van der Waals surface area contributed by atoms with Crippen molar-refractivity contribution in [3.8, 4) is 0 Å². The summed E-state index contributed by atoms with van der Waals surface area (Å²) in [5.41, 5.74) is 8.25. The van der Waals surface area contributed by atoms with Gasteiger partial charge in [0.1, 0.15) is 5.58 Å². The molecule has 0 unspecified atom stereocenters. The number of para-hydroxylation sites is 4. The second-order valence-corrected chi connectivity index (χ2v) is 16.5. The minimum Gasteiger partial charge on any atom is -0.454 e. The molecule has 13 aromatic rings. The standard InChI is InChI=1S/C60H38N2O/c1-3-15-42(16-4-1)61(44-29-33-48-40(36-44)27-26-39-14-7-8-19-47(39)48)46-31-35-51-54-32-28-41-37-45(30-34-49(41)59(54)53-22-10-9-20-50(53)56(51)38-46)62(43-17-5-2-6-18-43)57-24-13-23-55-52-21-11-12-25-58(52)63-60(55)57/h1-38H. The highest BCUT2D eigenvalue weighted by molar-refractivity contribution is 6.32. The normalized spacial score (nSPS) is 11.8. The van der Waals surface area contributed by atoms with E-state index in [9.17, 15) is 0 Å². The van der Waals surface area contributed by atoms with Gasteiger partial charge in [-0.2, -0.15) is 0 Å². The Labute approximate surface area is 363 Å². The van der Waals surface area contributed by atoms with Crippen LogP contribution in [0.2, 0.25) is 0 Å². The van der Waals surface area contributed by atoms with Crippen LogP contribution < -0.4 is 9.80 Å². The molecule has 0 aliphatic heterocycles. The summed E-state index contributed by atoms with van der Waals surface area (Å²) in [5, 5.41) is 17.1. The number of nitrogens with zero attached hydrogens (tertiary/aromatic N) is 2. The summed E-state index contributed by atoms with van der Waals surface area (Å²) in [6, 6.07) is 83.5. The van der Waals surface area contributed by atoms with Gasteiger partial charge < -0.3 is 14.2 Å². The monoisotopic (exact) mass is 802 g/mol. The molecule has 0 amide bonds. The number of furan rings is 1. The molecule has 0 N–H and O–H groups in total. The Morgan fingerprint density at radius 2 is 0.746 bits per heavy atom. The van der Waals surface area contributed by atoms with E-state index in [0.717, 1.165) is 56.1 Å². The lowest BCUT2D eigenvalue weighted by Gasteiger charge is -2.27.